The largest absolute Gasteiger partial charge is 0.394 e. The fraction of sp³-hybridized carbons (Fsp3) is 1.00. The molecule has 0 amide bonds. The smallest absolute Gasteiger partial charge is 0.0613 e. The van der Waals surface area contributed by atoms with Gasteiger partial charge in [0.25, 0.3) is 0 Å². The Morgan fingerprint density at radius 3 is 2.56 bits per heavy atom. The van der Waals surface area contributed by atoms with Gasteiger partial charge in [0.2, 0.25) is 0 Å². The summed E-state index contributed by atoms with van der Waals surface area (Å²) in [5.41, 5.74) is -0.0669. The molecule has 0 saturated heterocycles. The van der Waals surface area contributed by atoms with Gasteiger partial charge in [0.15, 0.2) is 0 Å². The van der Waals surface area contributed by atoms with Crippen molar-refractivity contribution < 1.29 is 9.84 Å². The van der Waals surface area contributed by atoms with Crippen LogP contribution in [0, 0.1) is 5.92 Å². The molecule has 1 aliphatic rings. The molecule has 1 rings (SSSR count). The number of aliphatic hydroxyl groups is 1. The number of rotatable bonds is 11. The zero-order chi connectivity index (χ0) is 13.4. The fourth-order valence-corrected chi connectivity index (χ4v) is 2.18. The summed E-state index contributed by atoms with van der Waals surface area (Å²) in [4.78, 5) is 0. The molecule has 1 aliphatic carbocycles. The topological polar surface area (TPSA) is 41.5 Å². The first-order chi connectivity index (χ1) is 8.62. The highest BCUT2D eigenvalue weighted by atomic mass is 16.5. The van der Waals surface area contributed by atoms with Crippen molar-refractivity contribution in [2.75, 3.05) is 19.8 Å². The Hall–Kier alpha value is -0.120. The Morgan fingerprint density at radius 1 is 1.33 bits per heavy atom. The van der Waals surface area contributed by atoms with Crippen LogP contribution in [0.25, 0.3) is 0 Å². The number of ether oxygens (including phenoxy) is 1. The van der Waals surface area contributed by atoms with Crippen molar-refractivity contribution in [3.63, 3.8) is 0 Å². The van der Waals surface area contributed by atoms with Gasteiger partial charge in [-0.05, 0) is 44.4 Å². The maximum absolute atomic E-state index is 9.63. The van der Waals surface area contributed by atoms with E-state index in [2.05, 4.69) is 26.1 Å². The molecule has 18 heavy (non-hydrogen) atoms. The van der Waals surface area contributed by atoms with Crippen molar-refractivity contribution in [1.29, 1.82) is 0 Å². The highest BCUT2D eigenvalue weighted by Crippen LogP contribution is 2.26. The zero-order valence-electron chi connectivity index (χ0n) is 12.4. The first-order valence-corrected chi connectivity index (χ1v) is 7.58. The number of hydrogen-bond acceptors (Lipinski definition) is 3. The Labute approximate surface area is 112 Å². The van der Waals surface area contributed by atoms with E-state index < -0.39 is 0 Å². The SMILES string of the molecule is CCC(CO)(CCCOCCC(C)C)NC1CC1. The number of hydrogen-bond donors (Lipinski definition) is 2. The van der Waals surface area contributed by atoms with Gasteiger partial charge in [-0.1, -0.05) is 20.8 Å². The normalized spacial score (nSPS) is 19.2. The van der Waals surface area contributed by atoms with Crippen molar-refractivity contribution >= 4 is 0 Å². The molecule has 1 saturated carbocycles. The summed E-state index contributed by atoms with van der Waals surface area (Å²) in [7, 11) is 0. The minimum absolute atomic E-state index is 0.0669. The highest BCUT2D eigenvalue weighted by molar-refractivity contribution is 4.94. The second kappa shape index (κ2) is 8.13. The van der Waals surface area contributed by atoms with Crippen LogP contribution < -0.4 is 5.32 Å². The van der Waals surface area contributed by atoms with Gasteiger partial charge in [-0.3, -0.25) is 0 Å². The van der Waals surface area contributed by atoms with Gasteiger partial charge in [-0.25, -0.2) is 0 Å². The van der Waals surface area contributed by atoms with Crippen LogP contribution >= 0.6 is 0 Å². The molecular weight excluding hydrogens is 226 g/mol. The molecule has 0 aromatic carbocycles. The summed E-state index contributed by atoms with van der Waals surface area (Å²) in [5.74, 6) is 0.716. The number of aliphatic hydroxyl groups excluding tert-OH is 1. The van der Waals surface area contributed by atoms with Crippen LogP contribution in [0.1, 0.15) is 59.3 Å². The lowest BCUT2D eigenvalue weighted by molar-refractivity contribution is 0.0963. The van der Waals surface area contributed by atoms with Crippen molar-refractivity contribution in [2.45, 2.75) is 70.9 Å². The summed E-state index contributed by atoms with van der Waals surface area (Å²) >= 11 is 0. The van der Waals surface area contributed by atoms with E-state index in [-0.39, 0.29) is 12.1 Å². The van der Waals surface area contributed by atoms with Crippen molar-refractivity contribution in [2.24, 2.45) is 5.92 Å². The molecule has 0 bridgehead atoms. The fourth-order valence-electron chi connectivity index (χ4n) is 2.18. The molecule has 0 radical (unpaired) electrons. The third-order valence-corrected chi connectivity index (χ3v) is 3.85. The molecule has 1 fully saturated rings. The van der Waals surface area contributed by atoms with Crippen LogP contribution in [0.2, 0.25) is 0 Å². The van der Waals surface area contributed by atoms with Gasteiger partial charge >= 0.3 is 0 Å². The standard InChI is InChI=1S/C15H31NO2/c1-4-15(12-17,16-14-6-7-14)9-5-10-18-11-8-13(2)3/h13-14,16-17H,4-12H2,1-3H3. The molecule has 2 N–H and O–H groups in total. The van der Waals surface area contributed by atoms with Gasteiger partial charge in [0.05, 0.1) is 6.61 Å². The third-order valence-electron chi connectivity index (χ3n) is 3.85. The van der Waals surface area contributed by atoms with Gasteiger partial charge < -0.3 is 15.2 Å². The van der Waals surface area contributed by atoms with E-state index in [4.69, 9.17) is 4.74 Å². The second-order valence-corrected chi connectivity index (χ2v) is 6.11. The van der Waals surface area contributed by atoms with E-state index in [9.17, 15) is 5.11 Å². The molecule has 0 heterocycles. The maximum Gasteiger partial charge on any atom is 0.0613 e. The molecule has 0 aromatic heterocycles. The van der Waals surface area contributed by atoms with E-state index in [1.807, 2.05) is 0 Å². The van der Waals surface area contributed by atoms with E-state index in [0.717, 1.165) is 38.9 Å². The third kappa shape index (κ3) is 6.17. The Bertz CT molecular complexity index is 211. The van der Waals surface area contributed by atoms with Crippen molar-refractivity contribution in [3.05, 3.63) is 0 Å². The lowest BCUT2D eigenvalue weighted by atomic mass is 9.91. The van der Waals surface area contributed by atoms with Crippen LogP contribution in [-0.4, -0.2) is 36.5 Å². The molecule has 3 nitrogen and oxygen atoms in total. The Balaban J connectivity index is 2.12. The van der Waals surface area contributed by atoms with Crippen LogP contribution in [0.3, 0.4) is 0 Å². The molecule has 1 atom stereocenters. The highest BCUT2D eigenvalue weighted by Gasteiger charge is 2.33. The first-order valence-electron chi connectivity index (χ1n) is 7.58. The average Bonchev–Trinajstić information content (AvgIpc) is 3.15. The van der Waals surface area contributed by atoms with Crippen molar-refractivity contribution in [1.82, 2.24) is 5.32 Å². The van der Waals surface area contributed by atoms with Crippen molar-refractivity contribution in [3.8, 4) is 0 Å². The quantitative estimate of drug-likeness (QED) is 0.559. The van der Waals surface area contributed by atoms with E-state index >= 15 is 0 Å². The van der Waals surface area contributed by atoms with E-state index in [1.165, 1.54) is 12.8 Å². The summed E-state index contributed by atoms with van der Waals surface area (Å²) in [6.45, 7) is 8.53. The number of nitrogens with one attached hydrogen (secondary N) is 1. The van der Waals surface area contributed by atoms with Crippen LogP contribution in [0.4, 0.5) is 0 Å². The molecular formula is C15H31NO2. The monoisotopic (exact) mass is 257 g/mol. The van der Waals surface area contributed by atoms with Crippen LogP contribution in [-0.2, 0) is 4.74 Å². The molecule has 0 spiro atoms. The predicted octanol–water partition coefficient (Wildman–Crippen LogP) is 2.72. The van der Waals surface area contributed by atoms with Gasteiger partial charge in [0, 0.05) is 24.8 Å². The van der Waals surface area contributed by atoms with Crippen LogP contribution in [0.15, 0.2) is 0 Å². The molecule has 108 valence electrons. The summed E-state index contributed by atoms with van der Waals surface area (Å²) in [5, 5.41) is 13.2. The van der Waals surface area contributed by atoms with Gasteiger partial charge in [-0.15, -0.1) is 0 Å². The summed E-state index contributed by atoms with van der Waals surface area (Å²) in [6.07, 6.45) is 6.72. The molecule has 0 aromatic rings. The Morgan fingerprint density at radius 2 is 2.06 bits per heavy atom. The maximum atomic E-state index is 9.63. The predicted molar refractivity (Wildman–Crippen MR) is 75.8 cm³/mol. The second-order valence-electron chi connectivity index (χ2n) is 6.11. The van der Waals surface area contributed by atoms with Gasteiger partial charge in [0.1, 0.15) is 0 Å². The van der Waals surface area contributed by atoms with Crippen LogP contribution in [0.5, 0.6) is 0 Å². The molecule has 0 aliphatic heterocycles. The minimum Gasteiger partial charge on any atom is -0.394 e. The van der Waals surface area contributed by atoms with Gasteiger partial charge in [-0.2, -0.15) is 0 Å². The Kier molecular flexibility index (Phi) is 7.20. The zero-order valence-corrected chi connectivity index (χ0v) is 12.4. The lowest BCUT2D eigenvalue weighted by Crippen LogP contribution is -2.49. The minimum atomic E-state index is -0.0669. The summed E-state index contributed by atoms with van der Waals surface area (Å²) in [6, 6.07) is 0.652. The summed E-state index contributed by atoms with van der Waals surface area (Å²) < 4.78 is 5.64. The first kappa shape index (κ1) is 15.9. The van der Waals surface area contributed by atoms with E-state index in [1.54, 1.807) is 0 Å². The lowest BCUT2D eigenvalue weighted by Gasteiger charge is -2.32. The van der Waals surface area contributed by atoms with E-state index in [0.29, 0.717) is 12.0 Å². The molecule has 3 heteroatoms. The molecule has 1 unspecified atom stereocenters. The average molecular weight is 257 g/mol.